The van der Waals surface area contributed by atoms with Crippen molar-refractivity contribution >= 4 is 0 Å². The van der Waals surface area contributed by atoms with Crippen molar-refractivity contribution in [1.29, 1.82) is 0 Å². The van der Waals surface area contributed by atoms with Crippen molar-refractivity contribution in [2.24, 2.45) is 0 Å². The highest BCUT2D eigenvalue weighted by Gasteiger charge is 2.22. The first-order valence-electron chi connectivity index (χ1n) is 7.71. The predicted molar refractivity (Wildman–Crippen MR) is 82.7 cm³/mol. The van der Waals surface area contributed by atoms with Gasteiger partial charge in [-0.25, -0.2) is 0 Å². The molecule has 1 aromatic carbocycles. The van der Waals surface area contributed by atoms with E-state index in [4.69, 9.17) is 0 Å². The third kappa shape index (κ3) is 3.68. The second-order valence-corrected chi connectivity index (χ2v) is 5.62. The van der Waals surface area contributed by atoms with E-state index in [0.29, 0.717) is 6.04 Å². The summed E-state index contributed by atoms with van der Waals surface area (Å²) in [7, 11) is 0. The summed E-state index contributed by atoms with van der Waals surface area (Å²) in [6.45, 7) is 7.16. The number of rotatable bonds is 6. The highest BCUT2D eigenvalue weighted by molar-refractivity contribution is 5.14. The molecule has 1 N–H and O–H groups in total. The van der Waals surface area contributed by atoms with Gasteiger partial charge in [0.15, 0.2) is 0 Å². The Kier molecular flexibility index (Phi) is 4.62. The molecule has 1 unspecified atom stereocenters. The Balaban J connectivity index is 1.47. The first-order valence-corrected chi connectivity index (χ1v) is 7.71. The number of nitrogens with zero attached hydrogens (tertiary/aromatic N) is 4. The molecule has 0 saturated carbocycles. The van der Waals surface area contributed by atoms with E-state index in [1.807, 2.05) is 0 Å². The Morgan fingerprint density at radius 3 is 2.95 bits per heavy atom. The summed E-state index contributed by atoms with van der Waals surface area (Å²) in [5.74, 6) is 1.03. The summed E-state index contributed by atoms with van der Waals surface area (Å²) in [6.07, 6.45) is 3.00. The van der Waals surface area contributed by atoms with Crippen LogP contribution in [0.2, 0.25) is 0 Å². The Morgan fingerprint density at radius 1 is 1.29 bits per heavy atom. The van der Waals surface area contributed by atoms with Gasteiger partial charge in [-0.3, -0.25) is 4.90 Å². The maximum atomic E-state index is 4.17. The van der Waals surface area contributed by atoms with E-state index in [9.17, 15) is 0 Å². The standard InChI is InChI=1S/C16H23N5/c1-2-21-13-18-19-16(21)10-17-15-8-9-20(12-15)11-14-6-4-3-5-7-14/h3-7,13,15,17H,2,8-12H2,1H3. The molecule has 5 nitrogen and oxygen atoms in total. The van der Waals surface area contributed by atoms with Crippen LogP contribution in [0.4, 0.5) is 0 Å². The summed E-state index contributed by atoms with van der Waals surface area (Å²) in [5.41, 5.74) is 1.39. The minimum atomic E-state index is 0.552. The summed E-state index contributed by atoms with van der Waals surface area (Å²) in [4.78, 5) is 2.51. The number of aryl methyl sites for hydroxylation is 1. The van der Waals surface area contributed by atoms with Crippen molar-refractivity contribution in [3.05, 3.63) is 48.0 Å². The Bertz CT molecular complexity index is 551. The number of hydrogen-bond donors (Lipinski definition) is 1. The normalized spacial score (nSPS) is 19.2. The highest BCUT2D eigenvalue weighted by Crippen LogP contribution is 2.13. The van der Waals surface area contributed by atoms with Crippen LogP contribution < -0.4 is 5.32 Å². The summed E-state index contributed by atoms with van der Waals surface area (Å²) in [5, 5.41) is 11.8. The van der Waals surface area contributed by atoms with Crippen LogP contribution in [-0.4, -0.2) is 38.8 Å². The first-order chi connectivity index (χ1) is 10.3. The topological polar surface area (TPSA) is 46.0 Å². The maximum Gasteiger partial charge on any atom is 0.146 e. The molecule has 0 bridgehead atoms. The van der Waals surface area contributed by atoms with E-state index in [0.717, 1.165) is 38.5 Å². The average molecular weight is 285 g/mol. The van der Waals surface area contributed by atoms with Crippen LogP contribution in [0.5, 0.6) is 0 Å². The van der Waals surface area contributed by atoms with Gasteiger partial charge in [-0.1, -0.05) is 30.3 Å². The quantitative estimate of drug-likeness (QED) is 0.877. The molecule has 2 heterocycles. The zero-order chi connectivity index (χ0) is 14.5. The molecule has 1 atom stereocenters. The van der Waals surface area contributed by atoms with Crippen molar-refractivity contribution < 1.29 is 0 Å². The van der Waals surface area contributed by atoms with Gasteiger partial charge in [0.2, 0.25) is 0 Å². The van der Waals surface area contributed by atoms with Gasteiger partial charge >= 0.3 is 0 Å². The predicted octanol–water partition coefficient (Wildman–Crippen LogP) is 1.66. The third-order valence-electron chi connectivity index (χ3n) is 4.11. The molecule has 1 aromatic heterocycles. The smallest absolute Gasteiger partial charge is 0.146 e. The molecule has 1 aliphatic heterocycles. The fourth-order valence-electron chi connectivity index (χ4n) is 2.90. The van der Waals surface area contributed by atoms with Crippen molar-refractivity contribution in [3.8, 4) is 0 Å². The van der Waals surface area contributed by atoms with Crippen molar-refractivity contribution in [3.63, 3.8) is 0 Å². The van der Waals surface area contributed by atoms with Gasteiger partial charge in [-0.15, -0.1) is 10.2 Å². The summed E-state index contributed by atoms with van der Waals surface area (Å²) in [6, 6.07) is 11.2. The van der Waals surface area contributed by atoms with Gasteiger partial charge < -0.3 is 9.88 Å². The lowest BCUT2D eigenvalue weighted by Gasteiger charge is -2.16. The monoisotopic (exact) mass is 285 g/mol. The molecule has 2 aromatic rings. The van der Waals surface area contributed by atoms with Crippen LogP contribution in [0.25, 0.3) is 0 Å². The number of aromatic nitrogens is 3. The Labute approximate surface area is 126 Å². The fourth-order valence-corrected chi connectivity index (χ4v) is 2.90. The molecule has 3 rings (SSSR count). The van der Waals surface area contributed by atoms with Crippen molar-refractivity contribution in [2.75, 3.05) is 13.1 Å². The molecule has 21 heavy (non-hydrogen) atoms. The molecule has 1 aliphatic rings. The minimum absolute atomic E-state index is 0.552. The maximum absolute atomic E-state index is 4.17. The third-order valence-corrected chi connectivity index (χ3v) is 4.11. The van der Waals surface area contributed by atoms with Crippen LogP contribution in [0.15, 0.2) is 36.7 Å². The van der Waals surface area contributed by atoms with Gasteiger partial charge in [0.1, 0.15) is 12.2 Å². The van der Waals surface area contributed by atoms with Crippen molar-refractivity contribution in [1.82, 2.24) is 25.0 Å². The van der Waals surface area contributed by atoms with Gasteiger partial charge in [-0.05, 0) is 18.9 Å². The lowest BCUT2D eigenvalue weighted by Crippen LogP contribution is -2.32. The molecule has 0 radical (unpaired) electrons. The van der Waals surface area contributed by atoms with Gasteiger partial charge in [-0.2, -0.15) is 0 Å². The molecule has 112 valence electrons. The van der Waals surface area contributed by atoms with Gasteiger partial charge in [0.05, 0.1) is 6.54 Å². The molecular formula is C16H23N5. The van der Waals surface area contributed by atoms with Crippen LogP contribution in [0, 0.1) is 0 Å². The zero-order valence-electron chi connectivity index (χ0n) is 12.6. The lowest BCUT2D eigenvalue weighted by molar-refractivity contribution is 0.319. The molecule has 0 spiro atoms. The first kappa shape index (κ1) is 14.2. The average Bonchev–Trinajstić information content (AvgIpc) is 3.15. The van der Waals surface area contributed by atoms with E-state index >= 15 is 0 Å². The van der Waals surface area contributed by atoms with Gasteiger partial charge in [0, 0.05) is 32.2 Å². The van der Waals surface area contributed by atoms with Crippen LogP contribution in [0.1, 0.15) is 24.7 Å². The van der Waals surface area contributed by atoms with E-state index in [1.165, 1.54) is 12.0 Å². The Hall–Kier alpha value is -1.72. The summed E-state index contributed by atoms with van der Waals surface area (Å²) >= 11 is 0. The van der Waals surface area contributed by atoms with Crippen LogP contribution in [0.3, 0.4) is 0 Å². The molecule has 1 fully saturated rings. The van der Waals surface area contributed by atoms with E-state index in [1.54, 1.807) is 6.33 Å². The highest BCUT2D eigenvalue weighted by atomic mass is 15.3. The van der Waals surface area contributed by atoms with E-state index in [-0.39, 0.29) is 0 Å². The van der Waals surface area contributed by atoms with E-state index < -0.39 is 0 Å². The number of nitrogens with one attached hydrogen (secondary N) is 1. The largest absolute Gasteiger partial charge is 0.317 e. The molecule has 0 amide bonds. The number of likely N-dealkylation sites (tertiary alicyclic amines) is 1. The zero-order valence-corrected chi connectivity index (χ0v) is 12.6. The van der Waals surface area contributed by atoms with E-state index in [2.05, 4.69) is 62.2 Å². The SMILES string of the molecule is CCn1cnnc1CNC1CCN(Cc2ccccc2)C1. The van der Waals surface area contributed by atoms with Crippen molar-refractivity contribution in [2.45, 2.75) is 39.0 Å². The van der Waals surface area contributed by atoms with Gasteiger partial charge in [0.25, 0.3) is 0 Å². The second kappa shape index (κ2) is 6.83. The molecular weight excluding hydrogens is 262 g/mol. The second-order valence-electron chi connectivity index (χ2n) is 5.62. The Morgan fingerprint density at radius 2 is 2.14 bits per heavy atom. The summed E-state index contributed by atoms with van der Waals surface area (Å²) < 4.78 is 2.09. The lowest BCUT2D eigenvalue weighted by atomic mass is 10.2. The molecule has 0 aliphatic carbocycles. The van der Waals surface area contributed by atoms with Crippen LogP contribution in [-0.2, 0) is 19.6 Å². The molecule has 5 heteroatoms. The number of hydrogen-bond acceptors (Lipinski definition) is 4. The number of benzene rings is 1. The van der Waals surface area contributed by atoms with Crippen LogP contribution >= 0.6 is 0 Å². The fraction of sp³-hybridized carbons (Fsp3) is 0.500. The minimum Gasteiger partial charge on any atom is -0.317 e. The molecule has 1 saturated heterocycles.